The molecule has 1 aliphatic carbocycles. The zero-order valence-corrected chi connectivity index (χ0v) is 22.8. The van der Waals surface area contributed by atoms with Crippen LogP contribution in [-0.2, 0) is 24.4 Å². The van der Waals surface area contributed by atoms with Crippen LogP contribution in [0.15, 0.2) is 23.8 Å². The number of hydrogen-bond donors (Lipinski definition) is 6. The molecular formula is C24H32F3NO12S. The molecule has 1 aliphatic heterocycles. The summed E-state index contributed by atoms with van der Waals surface area (Å²) in [6.07, 6.45) is -3.38. The third kappa shape index (κ3) is 9.35. The van der Waals surface area contributed by atoms with Gasteiger partial charge in [0.15, 0.2) is 17.3 Å². The predicted molar refractivity (Wildman–Crippen MR) is 133 cm³/mol. The maximum absolute atomic E-state index is 13.0. The van der Waals surface area contributed by atoms with Crippen molar-refractivity contribution in [2.45, 2.75) is 81.8 Å². The van der Waals surface area contributed by atoms with Gasteiger partial charge in [-0.2, -0.15) is 21.6 Å². The van der Waals surface area contributed by atoms with Crippen LogP contribution in [0.25, 0.3) is 6.08 Å². The van der Waals surface area contributed by atoms with Crippen molar-refractivity contribution in [3.63, 3.8) is 0 Å². The highest BCUT2D eigenvalue weighted by Crippen LogP contribution is 2.36. The second-order valence-corrected chi connectivity index (χ2v) is 10.8. The highest BCUT2D eigenvalue weighted by atomic mass is 32.2. The Bertz CT molecular complexity index is 1200. The number of aliphatic hydroxyl groups excluding tert-OH is 4. The van der Waals surface area contributed by atoms with Crippen molar-refractivity contribution >= 4 is 27.9 Å². The zero-order valence-electron chi connectivity index (χ0n) is 21.9. The van der Waals surface area contributed by atoms with Crippen molar-refractivity contribution in [3.05, 3.63) is 29.3 Å². The summed E-state index contributed by atoms with van der Waals surface area (Å²) < 4.78 is 77.2. The fourth-order valence-corrected chi connectivity index (χ4v) is 4.46. The van der Waals surface area contributed by atoms with Crippen LogP contribution in [0.4, 0.5) is 13.2 Å². The van der Waals surface area contributed by atoms with E-state index >= 15 is 0 Å². The first kappa shape index (κ1) is 34.4. The van der Waals surface area contributed by atoms with Crippen molar-refractivity contribution in [2.24, 2.45) is 0 Å². The van der Waals surface area contributed by atoms with Gasteiger partial charge in [-0.3, -0.25) is 9.59 Å². The number of halogens is 3. The van der Waals surface area contributed by atoms with E-state index in [1.54, 1.807) is 0 Å². The molecule has 2 fully saturated rings. The lowest BCUT2D eigenvalue weighted by molar-refractivity contribution is -0.140. The van der Waals surface area contributed by atoms with Crippen molar-refractivity contribution in [1.82, 2.24) is 5.32 Å². The Labute approximate surface area is 233 Å². The number of aliphatic hydroxyl groups is 5. The van der Waals surface area contributed by atoms with Crippen LogP contribution >= 0.6 is 0 Å². The molecule has 0 bridgehead atoms. The maximum Gasteiger partial charge on any atom is 0.534 e. The molecule has 1 saturated heterocycles. The molecule has 1 heterocycles. The molecule has 1 saturated carbocycles. The Hall–Kier alpha value is -2.80. The van der Waals surface area contributed by atoms with E-state index in [9.17, 15) is 46.5 Å². The molecule has 13 nitrogen and oxygen atoms in total. The number of alkyl halides is 3. The quantitative estimate of drug-likeness (QED) is 0.0995. The SMILES string of the molecule is CC(=O)C1CC(O)C(Oc2ccc(/C=C(\C)C(=O)NC3C(O)CCCC3O)cc2OS(=O)(=O)C(F)(F)F)O1.OCO. The maximum atomic E-state index is 13.0. The molecule has 5 unspecified atom stereocenters. The first-order valence-electron chi connectivity index (χ1n) is 12.2. The monoisotopic (exact) mass is 615 g/mol. The number of carbonyl (C=O) groups is 2. The molecule has 232 valence electrons. The Morgan fingerprint density at radius 3 is 2.17 bits per heavy atom. The van der Waals surface area contributed by atoms with Crippen LogP contribution < -0.4 is 14.2 Å². The molecule has 6 N–H and O–H groups in total. The number of ketones is 1. The van der Waals surface area contributed by atoms with Gasteiger partial charge in [-0.05, 0) is 56.9 Å². The Kier molecular flexibility index (Phi) is 12.1. The van der Waals surface area contributed by atoms with E-state index in [1.807, 2.05) is 0 Å². The largest absolute Gasteiger partial charge is 0.534 e. The molecule has 41 heavy (non-hydrogen) atoms. The minimum absolute atomic E-state index is 0.0205. The molecule has 1 amide bonds. The van der Waals surface area contributed by atoms with Gasteiger partial charge in [-0.15, -0.1) is 0 Å². The van der Waals surface area contributed by atoms with Gasteiger partial charge in [0, 0.05) is 12.0 Å². The molecule has 17 heteroatoms. The highest BCUT2D eigenvalue weighted by Gasteiger charge is 2.49. The molecule has 0 aromatic heterocycles. The van der Waals surface area contributed by atoms with Gasteiger partial charge >= 0.3 is 15.6 Å². The molecule has 1 aromatic carbocycles. The van der Waals surface area contributed by atoms with Crippen molar-refractivity contribution in [1.29, 1.82) is 0 Å². The molecule has 0 radical (unpaired) electrons. The summed E-state index contributed by atoms with van der Waals surface area (Å²) in [7, 11) is -6.13. The minimum Gasteiger partial charge on any atom is -0.458 e. The third-order valence-electron chi connectivity index (χ3n) is 6.08. The second kappa shape index (κ2) is 14.4. The van der Waals surface area contributed by atoms with Crippen LogP contribution in [0.3, 0.4) is 0 Å². The van der Waals surface area contributed by atoms with Crippen LogP contribution in [0.2, 0.25) is 0 Å². The van der Waals surface area contributed by atoms with Gasteiger partial charge in [-0.25, -0.2) is 0 Å². The lowest BCUT2D eigenvalue weighted by atomic mass is 9.89. The van der Waals surface area contributed by atoms with E-state index in [4.69, 9.17) is 19.7 Å². The summed E-state index contributed by atoms with van der Waals surface area (Å²) in [4.78, 5) is 24.1. The van der Waals surface area contributed by atoms with Crippen molar-refractivity contribution < 1.29 is 70.4 Å². The van der Waals surface area contributed by atoms with Crippen LogP contribution in [0, 0.1) is 0 Å². The zero-order chi connectivity index (χ0) is 31.1. The number of nitrogens with one attached hydrogen (secondary N) is 1. The van der Waals surface area contributed by atoms with Gasteiger partial charge in [0.2, 0.25) is 12.2 Å². The predicted octanol–water partition coefficient (Wildman–Crippen LogP) is 0.0810. The molecule has 2 aliphatic rings. The van der Waals surface area contributed by atoms with E-state index < -0.39 is 82.4 Å². The summed E-state index contributed by atoms with van der Waals surface area (Å²) in [6, 6.07) is 2.27. The third-order valence-corrected chi connectivity index (χ3v) is 7.05. The Morgan fingerprint density at radius 1 is 1.07 bits per heavy atom. The van der Waals surface area contributed by atoms with Crippen molar-refractivity contribution in [3.8, 4) is 11.5 Å². The summed E-state index contributed by atoms with van der Waals surface area (Å²) in [5, 5.41) is 47.0. The van der Waals surface area contributed by atoms with Crippen molar-refractivity contribution in [2.75, 3.05) is 6.79 Å². The smallest absolute Gasteiger partial charge is 0.458 e. The molecule has 0 spiro atoms. The Balaban J connectivity index is 0.00000187. The summed E-state index contributed by atoms with van der Waals surface area (Å²) in [6.45, 7) is 1.82. The van der Waals surface area contributed by atoms with Crippen LogP contribution in [0.5, 0.6) is 11.5 Å². The summed E-state index contributed by atoms with van der Waals surface area (Å²) >= 11 is 0. The minimum atomic E-state index is -6.13. The number of hydrogen-bond acceptors (Lipinski definition) is 12. The number of Topliss-reactive ketones (excluding diaryl/α,β-unsaturated/α-hetero) is 1. The lowest BCUT2D eigenvalue weighted by Crippen LogP contribution is -2.53. The highest BCUT2D eigenvalue weighted by molar-refractivity contribution is 7.88. The standard InChI is InChI=1S/C23H28F3NO10S.CH4O2/c1-11(21(32)27-20-14(29)4-3-5-15(20)30)8-13-6-7-17(19(9-13)37-38(33,34)23(24,25)26)35-22-16(31)10-18(36-22)12(2)28;2-1-3/h6-9,14-16,18,20,22,29-31H,3-5,10H2,1-2H3,(H,27,32);2-3H,1H2/b11-8+;. The van der Waals surface area contributed by atoms with E-state index in [1.165, 1.54) is 26.0 Å². The number of carbonyl (C=O) groups excluding carboxylic acids is 2. The van der Waals surface area contributed by atoms with Gasteiger partial charge in [-0.1, -0.05) is 6.07 Å². The van der Waals surface area contributed by atoms with Gasteiger partial charge < -0.3 is 44.5 Å². The molecule has 1 aromatic rings. The molecule has 3 rings (SSSR count). The van der Waals surface area contributed by atoms with E-state index in [0.717, 1.165) is 12.1 Å². The summed E-state index contributed by atoms with van der Waals surface area (Å²) in [5.74, 6) is -2.56. The van der Waals surface area contributed by atoms with Crippen LogP contribution in [0.1, 0.15) is 45.1 Å². The van der Waals surface area contributed by atoms with E-state index in [2.05, 4.69) is 9.50 Å². The first-order chi connectivity index (χ1) is 19.0. The Morgan fingerprint density at radius 2 is 1.66 bits per heavy atom. The lowest BCUT2D eigenvalue weighted by Gasteiger charge is -2.32. The number of amides is 1. The average molecular weight is 616 g/mol. The molecular weight excluding hydrogens is 583 g/mol. The van der Waals surface area contributed by atoms with E-state index in [0.29, 0.717) is 19.3 Å². The topological polar surface area (TPSA) is 209 Å². The van der Waals surface area contributed by atoms with Gasteiger partial charge in [0.05, 0.1) is 18.2 Å². The summed E-state index contributed by atoms with van der Waals surface area (Å²) in [5.41, 5.74) is -5.71. The van der Waals surface area contributed by atoms with Gasteiger partial charge in [0.1, 0.15) is 19.0 Å². The van der Waals surface area contributed by atoms with Crippen LogP contribution in [-0.4, -0.2) is 94.7 Å². The number of benzene rings is 1. The average Bonchev–Trinajstić information content (AvgIpc) is 3.23. The second-order valence-electron chi connectivity index (χ2n) is 9.25. The van der Waals surface area contributed by atoms with Gasteiger partial charge in [0.25, 0.3) is 0 Å². The molecule has 5 atom stereocenters. The fraction of sp³-hybridized carbons (Fsp3) is 0.583. The first-order valence-corrected chi connectivity index (χ1v) is 13.6. The fourth-order valence-electron chi connectivity index (χ4n) is 4.00. The number of ether oxygens (including phenoxy) is 2. The number of rotatable bonds is 8. The normalized spacial score (nSPS) is 26.9. The van der Waals surface area contributed by atoms with E-state index in [-0.39, 0.29) is 17.6 Å².